The second-order valence-corrected chi connectivity index (χ2v) is 4.69. The van der Waals surface area contributed by atoms with Crippen LogP contribution in [0.1, 0.15) is 12.0 Å². The first-order chi connectivity index (χ1) is 8.08. The molecule has 0 aliphatic carbocycles. The van der Waals surface area contributed by atoms with Gasteiger partial charge in [0.15, 0.2) is 0 Å². The number of anilines is 1. The Hall–Kier alpha value is -1.49. The lowest BCUT2D eigenvalue weighted by molar-refractivity contribution is -0.305. The maximum absolute atomic E-state index is 11.4. The molecule has 1 rings (SSSR count). The first-order valence-electron chi connectivity index (χ1n) is 5.22. The standard InChI is InChI=1S/C12H15NO3S/c1-9-2-4-10(5-3-9)13-11(14)8-17-7-6-12(15)16/h2-5H,6-8H2,1H3,(H,13,14)(H,15,16)/p-1. The van der Waals surface area contributed by atoms with Crippen LogP contribution in [0.3, 0.4) is 0 Å². The molecule has 17 heavy (non-hydrogen) atoms. The number of aryl methyl sites for hydroxylation is 1. The van der Waals surface area contributed by atoms with Crippen LogP contribution in [0.5, 0.6) is 0 Å². The average molecular weight is 252 g/mol. The fraction of sp³-hybridized carbons (Fsp3) is 0.333. The van der Waals surface area contributed by atoms with Crippen molar-refractivity contribution in [3.63, 3.8) is 0 Å². The van der Waals surface area contributed by atoms with E-state index in [9.17, 15) is 14.7 Å². The molecule has 1 N–H and O–H groups in total. The number of nitrogens with one attached hydrogen (secondary N) is 1. The van der Waals surface area contributed by atoms with Gasteiger partial charge in [0.25, 0.3) is 0 Å². The van der Waals surface area contributed by atoms with Gasteiger partial charge in [0.1, 0.15) is 0 Å². The van der Waals surface area contributed by atoms with Gasteiger partial charge in [0, 0.05) is 11.7 Å². The normalized spacial score (nSPS) is 9.94. The Labute approximate surface area is 104 Å². The summed E-state index contributed by atoms with van der Waals surface area (Å²) in [5, 5.41) is 12.9. The van der Waals surface area contributed by atoms with Crippen molar-refractivity contribution in [3.8, 4) is 0 Å². The highest BCUT2D eigenvalue weighted by Gasteiger charge is 2.02. The number of carboxylic acid groups (broad SMARTS) is 1. The number of carbonyl (C=O) groups excluding carboxylic acids is 2. The number of hydrogen-bond donors (Lipinski definition) is 1. The molecule has 1 aromatic carbocycles. The second kappa shape index (κ2) is 6.96. The van der Waals surface area contributed by atoms with Crippen molar-refractivity contribution in [2.24, 2.45) is 0 Å². The molecular weight excluding hydrogens is 238 g/mol. The van der Waals surface area contributed by atoms with Gasteiger partial charge in [-0.2, -0.15) is 11.8 Å². The molecule has 0 saturated carbocycles. The van der Waals surface area contributed by atoms with Crippen LogP contribution in [0.4, 0.5) is 5.69 Å². The Bertz CT molecular complexity index is 389. The van der Waals surface area contributed by atoms with E-state index in [0.717, 1.165) is 11.3 Å². The summed E-state index contributed by atoms with van der Waals surface area (Å²) in [5.74, 6) is -0.571. The molecule has 0 aromatic heterocycles. The van der Waals surface area contributed by atoms with E-state index in [1.165, 1.54) is 11.8 Å². The van der Waals surface area contributed by atoms with Crippen LogP contribution < -0.4 is 10.4 Å². The number of rotatable bonds is 6. The molecule has 1 aromatic rings. The third-order valence-electron chi connectivity index (χ3n) is 2.02. The van der Waals surface area contributed by atoms with E-state index in [4.69, 9.17) is 0 Å². The molecule has 0 heterocycles. The SMILES string of the molecule is Cc1ccc(NC(=O)CSCCC(=O)[O-])cc1. The molecule has 92 valence electrons. The van der Waals surface area contributed by atoms with Crippen molar-refractivity contribution in [2.75, 3.05) is 16.8 Å². The average Bonchev–Trinajstić information content (AvgIpc) is 2.27. The van der Waals surface area contributed by atoms with Crippen molar-refractivity contribution in [3.05, 3.63) is 29.8 Å². The van der Waals surface area contributed by atoms with Gasteiger partial charge in [-0.3, -0.25) is 4.79 Å². The fourth-order valence-corrected chi connectivity index (χ4v) is 1.87. The van der Waals surface area contributed by atoms with E-state index < -0.39 is 5.97 Å². The van der Waals surface area contributed by atoms with Gasteiger partial charge in [0.2, 0.25) is 5.91 Å². The van der Waals surface area contributed by atoms with Crippen molar-refractivity contribution in [2.45, 2.75) is 13.3 Å². The van der Waals surface area contributed by atoms with Crippen molar-refractivity contribution < 1.29 is 14.7 Å². The summed E-state index contributed by atoms with van der Waals surface area (Å²) >= 11 is 1.28. The number of amides is 1. The molecule has 0 radical (unpaired) electrons. The summed E-state index contributed by atoms with van der Waals surface area (Å²) in [4.78, 5) is 21.6. The smallest absolute Gasteiger partial charge is 0.234 e. The Morgan fingerprint density at radius 1 is 1.29 bits per heavy atom. The number of carbonyl (C=O) groups is 2. The molecule has 0 atom stereocenters. The van der Waals surface area contributed by atoms with Crippen LogP contribution >= 0.6 is 11.8 Å². The summed E-state index contributed by atoms with van der Waals surface area (Å²) in [5.41, 5.74) is 1.88. The highest BCUT2D eigenvalue weighted by Crippen LogP contribution is 2.09. The van der Waals surface area contributed by atoms with E-state index >= 15 is 0 Å². The third-order valence-corrected chi connectivity index (χ3v) is 2.98. The molecular formula is C12H14NO3S-. The predicted octanol–water partition coefficient (Wildman–Crippen LogP) is 0.807. The third kappa shape index (κ3) is 5.97. The number of thioether (sulfide) groups is 1. The van der Waals surface area contributed by atoms with E-state index in [1.54, 1.807) is 0 Å². The number of carboxylic acids is 1. The molecule has 0 bridgehead atoms. The maximum Gasteiger partial charge on any atom is 0.234 e. The summed E-state index contributed by atoms with van der Waals surface area (Å²) in [7, 11) is 0. The molecule has 0 fully saturated rings. The van der Waals surface area contributed by atoms with Crippen molar-refractivity contribution in [1.82, 2.24) is 0 Å². The fourth-order valence-electron chi connectivity index (χ4n) is 1.15. The van der Waals surface area contributed by atoms with Gasteiger partial charge in [-0.05, 0) is 31.2 Å². The van der Waals surface area contributed by atoms with E-state index in [2.05, 4.69) is 5.32 Å². The van der Waals surface area contributed by atoms with Gasteiger partial charge in [-0.15, -0.1) is 0 Å². The first-order valence-corrected chi connectivity index (χ1v) is 6.37. The van der Waals surface area contributed by atoms with Crippen LogP contribution in [0.15, 0.2) is 24.3 Å². The van der Waals surface area contributed by atoms with E-state index in [1.807, 2.05) is 31.2 Å². The Kier molecular flexibility index (Phi) is 5.56. The highest BCUT2D eigenvalue weighted by molar-refractivity contribution is 7.99. The Morgan fingerprint density at radius 2 is 1.94 bits per heavy atom. The Balaban J connectivity index is 2.25. The molecule has 0 aliphatic heterocycles. The molecule has 1 amide bonds. The molecule has 0 unspecified atom stereocenters. The first kappa shape index (κ1) is 13.6. The zero-order valence-corrected chi connectivity index (χ0v) is 10.4. The van der Waals surface area contributed by atoms with Crippen LogP contribution in [0, 0.1) is 6.92 Å². The van der Waals surface area contributed by atoms with Gasteiger partial charge in [-0.1, -0.05) is 17.7 Å². The molecule has 4 nitrogen and oxygen atoms in total. The van der Waals surface area contributed by atoms with Gasteiger partial charge < -0.3 is 15.2 Å². The summed E-state index contributed by atoms with van der Waals surface area (Å²) in [6, 6.07) is 7.50. The highest BCUT2D eigenvalue weighted by atomic mass is 32.2. The minimum absolute atomic E-state index is 0.0253. The minimum Gasteiger partial charge on any atom is -0.550 e. The molecule has 0 spiro atoms. The van der Waals surface area contributed by atoms with Crippen LogP contribution in [0.25, 0.3) is 0 Å². The van der Waals surface area contributed by atoms with Gasteiger partial charge in [-0.25, -0.2) is 0 Å². The summed E-state index contributed by atoms with van der Waals surface area (Å²) in [6.07, 6.45) is -0.0253. The number of aliphatic carboxylic acids is 1. The molecule has 5 heteroatoms. The van der Waals surface area contributed by atoms with Crippen LogP contribution in [-0.4, -0.2) is 23.4 Å². The monoisotopic (exact) mass is 252 g/mol. The second-order valence-electron chi connectivity index (χ2n) is 3.59. The largest absolute Gasteiger partial charge is 0.550 e. The van der Waals surface area contributed by atoms with E-state index in [-0.39, 0.29) is 18.1 Å². The Morgan fingerprint density at radius 3 is 2.53 bits per heavy atom. The molecule has 0 saturated heterocycles. The maximum atomic E-state index is 11.4. The minimum atomic E-state index is -1.09. The quantitative estimate of drug-likeness (QED) is 0.761. The zero-order valence-electron chi connectivity index (χ0n) is 9.56. The van der Waals surface area contributed by atoms with Gasteiger partial charge >= 0.3 is 0 Å². The topological polar surface area (TPSA) is 69.2 Å². The summed E-state index contributed by atoms with van der Waals surface area (Å²) in [6.45, 7) is 1.97. The number of benzene rings is 1. The molecule has 0 aliphatic rings. The van der Waals surface area contributed by atoms with Gasteiger partial charge in [0.05, 0.1) is 5.75 Å². The summed E-state index contributed by atoms with van der Waals surface area (Å²) < 4.78 is 0. The van der Waals surface area contributed by atoms with Crippen molar-refractivity contribution >= 4 is 29.3 Å². The van der Waals surface area contributed by atoms with E-state index in [0.29, 0.717) is 5.75 Å². The van der Waals surface area contributed by atoms with Crippen LogP contribution in [-0.2, 0) is 9.59 Å². The van der Waals surface area contributed by atoms with Crippen molar-refractivity contribution in [1.29, 1.82) is 0 Å². The lowest BCUT2D eigenvalue weighted by Gasteiger charge is -2.05. The van der Waals surface area contributed by atoms with Crippen LogP contribution in [0.2, 0.25) is 0 Å². The predicted molar refractivity (Wildman–Crippen MR) is 66.8 cm³/mol. The lowest BCUT2D eigenvalue weighted by Crippen LogP contribution is -2.23. The lowest BCUT2D eigenvalue weighted by atomic mass is 10.2. The number of hydrogen-bond acceptors (Lipinski definition) is 4. The zero-order chi connectivity index (χ0) is 12.7.